The second-order valence-corrected chi connectivity index (χ2v) is 4.44. The Balaban J connectivity index is 2.74. The summed E-state index contributed by atoms with van der Waals surface area (Å²) in [6, 6.07) is 5.15. The number of aliphatic hydroxyl groups excluding tert-OH is 1. The van der Waals surface area contributed by atoms with E-state index < -0.39 is 0 Å². The maximum absolute atomic E-state index is 11.9. The van der Waals surface area contributed by atoms with Gasteiger partial charge in [0.2, 0.25) is 0 Å². The van der Waals surface area contributed by atoms with Crippen molar-refractivity contribution < 1.29 is 9.90 Å². The number of nitrogens with one attached hydrogen (secondary N) is 2. The maximum Gasteiger partial charge on any atom is 0.253 e. The van der Waals surface area contributed by atoms with Crippen molar-refractivity contribution in [2.75, 3.05) is 24.1 Å². The molecule has 5 heteroatoms. The highest BCUT2D eigenvalue weighted by atomic mass is 16.3. The number of benzene rings is 1. The van der Waals surface area contributed by atoms with Crippen molar-refractivity contribution in [2.24, 2.45) is 0 Å². The number of carbonyl (C=O) groups excluding carboxylic acids is 1. The van der Waals surface area contributed by atoms with Gasteiger partial charge in [0, 0.05) is 24.5 Å². The molecule has 0 fully saturated rings. The second kappa shape index (κ2) is 7.63. The molecule has 0 bridgehead atoms. The Bertz CT molecular complexity index is 421. The predicted molar refractivity (Wildman–Crippen MR) is 78.3 cm³/mol. The fraction of sp³-hybridized carbons (Fsp3) is 0.500. The molecule has 0 spiro atoms. The van der Waals surface area contributed by atoms with Crippen molar-refractivity contribution >= 4 is 17.3 Å². The third-order valence-electron chi connectivity index (χ3n) is 2.89. The predicted octanol–water partition coefficient (Wildman–Crippen LogP) is 1.59. The number of carbonyl (C=O) groups is 1. The molecule has 0 heterocycles. The van der Waals surface area contributed by atoms with Crippen molar-refractivity contribution in [2.45, 2.75) is 32.8 Å². The fourth-order valence-corrected chi connectivity index (χ4v) is 1.74. The van der Waals surface area contributed by atoms with E-state index in [-0.39, 0.29) is 12.0 Å². The first-order chi connectivity index (χ1) is 9.08. The Morgan fingerprint density at radius 1 is 1.42 bits per heavy atom. The minimum Gasteiger partial charge on any atom is -0.399 e. The molecule has 0 aliphatic rings. The van der Waals surface area contributed by atoms with Crippen LogP contribution in [-0.2, 0) is 0 Å². The van der Waals surface area contributed by atoms with Crippen LogP contribution in [0.15, 0.2) is 18.2 Å². The Kier molecular flexibility index (Phi) is 6.15. The highest BCUT2D eigenvalue weighted by molar-refractivity contribution is 6.00. The summed E-state index contributed by atoms with van der Waals surface area (Å²) in [5.41, 5.74) is 7.62. The summed E-state index contributed by atoms with van der Waals surface area (Å²) >= 11 is 0. The van der Waals surface area contributed by atoms with Crippen molar-refractivity contribution in [1.82, 2.24) is 5.32 Å². The van der Waals surface area contributed by atoms with E-state index in [1.807, 2.05) is 13.8 Å². The summed E-state index contributed by atoms with van der Waals surface area (Å²) in [6.07, 6.45) is 1.04. The summed E-state index contributed by atoms with van der Waals surface area (Å²) in [7, 11) is 0. The Labute approximate surface area is 114 Å². The number of hydrogen-bond acceptors (Lipinski definition) is 4. The van der Waals surface area contributed by atoms with Crippen LogP contribution in [0.2, 0.25) is 0 Å². The van der Waals surface area contributed by atoms with Crippen molar-refractivity contribution in [3.8, 4) is 0 Å². The second-order valence-electron chi connectivity index (χ2n) is 4.44. The fourth-order valence-electron chi connectivity index (χ4n) is 1.74. The van der Waals surface area contributed by atoms with E-state index in [4.69, 9.17) is 5.73 Å². The van der Waals surface area contributed by atoms with Crippen LogP contribution in [0.3, 0.4) is 0 Å². The molecule has 0 aromatic heterocycles. The standard InChI is InChI=1S/C14H23N3O2/c1-3-11(18)7-8-17-13-9-10(15)5-6-12(13)14(19)16-4-2/h5-6,9,11,17-18H,3-4,7-8,15H2,1-2H3,(H,16,19). The molecule has 0 saturated heterocycles. The molecule has 106 valence electrons. The molecule has 1 aromatic carbocycles. The normalized spacial score (nSPS) is 11.9. The van der Waals surface area contributed by atoms with Gasteiger partial charge in [0.1, 0.15) is 0 Å². The molecule has 1 rings (SSSR count). The Morgan fingerprint density at radius 2 is 2.16 bits per heavy atom. The van der Waals surface area contributed by atoms with Gasteiger partial charge in [-0.1, -0.05) is 6.92 Å². The summed E-state index contributed by atoms with van der Waals surface area (Å²) in [5, 5.41) is 15.4. The van der Waals surface area contributed by atoms with Gasteiger partial charge < -0.3 is 21.5 Å². The van der Waals surface area contributed by atoms with E-state index >= 15 is 0 Å². The van der Waals surface area contributed by atoms with Crippen LogP contribution in [0.1, 0.15) is 37.0 Å². The summed E-state index contributed by atoms with van der Waals surface area (Å²) in [4.78, 5) is 11.9. The van der Waals surface area contributed by atoms with E-state index in [0.29, 0.717) is 36.4 Å². The molecular formula is C14H23N3O2. The van der Waals surface area contributed by atoms with Crippen LogP contribution in [0.5, 0.6) is 0 Å². The molecule has 19 heavy (non-hydrogen) atoms. The number of nitrogens with two attached hydrogens (primary N) is 1. The van der Waals surface area contributed by atoms with E-state index in [2.05, 4.69) is 10.6 Å². The van der Waals surface area contributed by atoms with Crippen LogP contribution in [0, 0.1) is 0 Å². The molecular weight excluding hydrogens is 242 g/mol. The molecule has 5 nitrogen and oxygen atoms in total. The lowest BCUT2D eigenvalue weighted by molar-refractivity contribution is 0.0956. The van der Waals surface area contributed by atoms with Gasteiger partial charge in [0.05, 0.1) is 11.7 Å². The van der Waals surface area contributed by atoms with Gasteiger partial charge in [0.15, 0.2) is 0 Å². The summed E-state index contributed by atoms with van der Waals surface area (Å²) in [5.74, 6) is -0.124. The monoisotopic (exact) mass is 265 g/mol. The average molecular weight is 265 g/mol. The number of nitrogen functional groups attached to an aromatic ring is 1. The zero-order valence-electron chi connectivity index (χ0n) is 11.6. The zero-order valence-corrected chi connectivity index (χ0v) is 11.6. The quantitative estimate of drug-likeness (QED) is 0.564. The van der Waals surface area contributed by atoms with E-state index in [9.17, 15) is 9.90 Å². The molecule has 1 atom stereocenters. The Hall–Kier alpha value is -1.75. The van der Waals surface area contributed by atoms with Crippen LogP contribution in [0.25, 0.3) is 0 Å². The van der Waals surface area contributed by atoms with Gasteiger partial charge in [-0.25, -0.2) is 0 Å². The smallest absolute Gasteiger partial charge is 0.253 e. The lowest BCUT2D eigenvalue weighted by Crippen LogP contribution is -2.24. The first-order valence-electron chi connectivity index (χ1n) is 6.68. The zero-order chi connectivity index (χ0) is 14.3. The molecule has 0 aliphatic carbocycles. The lowest BCUT2D eigenvalue weighted by atomic mass is 10.1. The lowest BCUT2D eigenvalue weighted by Gasteiger charge is -2.14. The first kappa shape index (κ1) is 15.3. The number of anilines is 2. The SMILES string of the molecule is CCNC(=O)c1ccc(N)cc1NCCC(O)CC. The molecule has 1 aromatic rings. The minimum atomic E-state index is -0.318. The number of hydrogen-bond donors (Lipinski definition) is 4. The van der Waals surface area contributed by atoms with E-state index in [1.54, 1.807) is 18.2 Å². The number of amides is 1. The molecule has 0 aliphatic heterocycles. The highest BCUT2D eigenvalue weighted by Crippen LogP contribution is 2.19. The van der Waals surface area contributed by atoms with Gasteiger partial charge >= 0.3 is 0 Å². The van der Waals surface area contributed by atoms with Crippen LogP contribution < -0.4 is 16.4 Å². The third-order valence-corrected chi connectivity index (χ3v) is 2.89. The topological polar surface area (TPSA) is 87.4 Å². The van der Waals surface area contributed by atoms with Gasteiger partial charge in [-0.15, -0.1) is 0 Å². The van der Waals surface area contributed by atoms with Crippen LogP contribution in [-0.4, -0.2) is 30.2 Å². The van der Waals surface area contributed by atoms with E-state index in [1.165, 1.54) is 0 Å². The van der Waals surface area contributed by atoms with Crippen molar-refractivity contribution in [3.63, 3.8) is 0 Å². The largest absolute Gasteiger partial charge is 0.399 e. The minimum absolute atomic E-state index is 0.124. The van der Waals surface area contributed by atoms with E-state index in [0.717, 1.165) is 6.42 Å². The van der Waals surface area contributed by atoms with Crippen LogP contribution >= 0.6 is 0 Å². The first-order valence-corrected chi connectivity index (χ1v) is 6.68. The van der Waals surface area contributed by atoms with Crippen LogP contribution in [0.4, 0.5) is 11.4 Å². The van der Waals surface area contributed by atoms with Gasteiger partial charge in [-0.3, -0.25) is 4.79 Å². The van der Waals surface area contributed by atoms with Crippen molar-refractivity contribution in [3.05, 3.63) is 23.8 Å². The van der Waals surface area contributed by atoms with Crippen molar-refractivity contribution in [1.29, 1.82) is 0 Å². The molecule has 1 unspecified atom stereocenters. The van der Waals surface area contributed by atoms with Gasteiger partial charge in [-0.05, 0) is 38.0 Å². The number of rotatable bonds is 7. The molecule has 1 amide bonds. The Morgan fingerprint density at radius 3 is 2.79 bits per heavy atom. The van der Waals surface area contributed by atoms with Gasteiger partial charge in [0.25, 0.3) is 5.91 Å². The van der Waals surface area contributed by atoms with Gasteiger partial charge in [-0.2, -0.15) is 0 Å². The summed E-state index contributed by atoms with van der Waals surface area (Å²) in [6.45, 7) is 4.99. The maximum atomic E-state index is 11.9. The molecule has 0 radical (unpaired) electrons. The number of aliphatic hydroxyl groups is 1. The third kappa shape index (κ3) is 4.79. The summed E-state index contributed by atoms with van der Waals surface area (Å²) < 4.78 is 0. The average Bonchev–Trinajstić information content (AvgIpc) is 2.38. The highest BCUT2D eigenvalue weighted by Gasteiger charge is 2.11. The molecule has 5 N–H and O–H groups in total. The molecule has 0 saturated carbocycles.